The number of rotatable bonds is 3. The highest BCUT2D eigenvalue weighted by Crippen LogP contribution is 2.33. The Kier molecular flexibility index (Phi) is 4.95. The van der Waals surface area contributed by atoms with Crippen LogP contribution in [0.5, 0.6) is 0 Å². The number of aromatic nitrogens is 1. The van der Waals surface area contributed by atoms with Crippen molar-refractivity contribution in [3.8, 4) is 17.3 Å². The molecule has 0 aliphatic heterocycles. The van der Waals surface area contributed by atoms with Crippen LogP contribution in [0.1, 0.15) is 68.6 Å². The predicted molar refractivity (Wildman–Crippen MR) is 102 cm³/mol. The standard InChI is InChI=1S/C23H29N2/c1-17-14-20(23(2,3)16-24)11-12-21(17)22-13-10-19(15-25(22)4)18-8-6-5-7-9-18/h10-15,18H,5-9H2,1-4H3/q+1. The van der Waals surface area contributed by atoms with Gasteiger partial charge in [-0.05, 0) is 62.8 Å². The largest absolute Gasteiger partial charge is 0.212 e. The van der Waals surface area contributed by atoms with Gasteiger partial charge in [-0.15, -0.1) is 0 Å². The Labute approximate surface area is 152 Å². The Balaban J connectivity index is 1.93. The smallest absolute Gasteiger partial charge is 0.201 e. The summed E-state index contributed by atoms with van der Waals surface area (Å²) in [5.41, 5.74) is 5.81. The van der Waals surface area contributed by atoms with Gasteiger partial charge in [-0.1, -0.05) is 31.4 Å². The van der Waals surface area contributed by atoms with Crippen LogP contribution in [0.4, 0.5) is 0 Å². The van der Waals surface area contributed by atoms with Gasteiger partial charge in [0.25, 0.3) is 0 Å². The van der Waals surface area contributed by atoms with Gasteiger partial charge >= 0.3 is 0 Å². The minimum atomic E-state index is -0.448. The molecule has 2 aromatic rings. The molecule has 0 spiro atoms. The molecule has 1 aliphatic carbocycles. The summed E-state index contributed by atoms with van der Waals surface area (Å²) in [6.07, 6.45) is 9.10. The lowest BCUT2D eigenvalue weighted by atomic mass is 9.83. The van der Waals surface area contributed by atoms with Crippen LogP contribution in [0.3, 0.4) is 0 Å². The third-order valence-electron chi connectivity index (χ3n) is 5.74. The molecule has 25 heavy (non-hydrogen) atoms. The first-order valence-corrected chi connectivity index (χ1v) is 9.45. The van der Waals surface area contributed by atoms with Crippen molar-refractivity contribution in [2.75, 3.05) is 0 Å². The van der Waals surface area contributed by atoms with E-state index in [0.29, 0.717) is 0 Å². The van der Waals surface area contributed by atoms with Gasteiger partial charge in [-0.25, -0.2) is 4.57 Å². The summed E-state index contributed by atoms with van der Waals surface area (Å²) < 4.78 is 2.27. The SMILES string of the molecule is Cc1cc(C(C)(C)C#N)ccc1-c1ccc(C2CCCCC2)c[n+]1C. The van der Waals surface area contributed by atoms with Crippen molar-refractivity contribution in [3.63, 3.8) is 0 Å². The fourth-order valence-electron chi connectivity index (χ4n) is 3.99. The summed E-state index contributed by atoms with van der Waals surface area (Å²) in [5, 5.41) is 9.37. The van der Waals surface area contributed by atoms with Crippen LogP contribution in [0, 0.1) is 18.3 Å². The van der Waals surface area contributed by atoms with Crippen molar-refractivity contribution >= 4 is 0 Å². The molecule has 2 heteroatoms. The number of hydrogen-bond acceptors (Lipinski definition) is 1. The molecule has 130 valence electrons. The van der Waals surface area contributed by atoms with Crippen LogP contribution in [-0.2, 0) is 12.5 Å². The van der Waals surface area contributed by atoms with E-state index >= 15 is 0 Å². The van der Waals surface area contributed by atoms with E-state index in [1.165, 1.54) is 54.5 Å². The van der Waals surface area contributed by atoms with Crippen LogP contribution in [-0.4, -0.2) is 0 Å². The molecule has 2 nitrogen and oxygen atoms in total. The van der Waals surface area contributed by atoms with Crippen molar-refractivity contribution in [3.05, 3.63) is 53.2 Å². The van der Waals surface area contributed by atoms with E-state index in [1.807, 2.05) is 13.8 Å². The Bertz CT molecular complexity index is 805. The Morgan fingerprint density at radius 2 is 1.80 bits per heavy atom. The van der Waals surface area contributed by atoms with E-state index in [0.717, 1.165) is 11.5 Å². The summed E-state index contributed by atoms with van der Waals surface area (Å²) in [7, 11) is 2.15. The average molecular weight is 333 g/mol. The summed E-state index contributed by atoms with van der Waals surface area (Å²) in [5.74, 6) is 0.730. The number of nitrogens with zero attached hydrogens (tertiary/aromatic N) is 2. The van der Waals surface area contributed by atoms with Crippen LogP contribution in [0.2, 0.25) is 0 Å². The van der Waals surface area contributed by atoms with E-state index in [2.05, 4.69) is 61.1 Å². The first-order chi connectivity index (χ1) is 11.9. The molecule has 0 atom stereocenters. The highest BCUT2D eigenvalue weighted by molar-refractivity contribution is 5.62. The lowest BCUT2D eigenvalue weighted by Crippen LogP contribution is -2.32. The Morgan fingerprint density at radius 1 is 1.08 bits per heavy atom. The molecular weight excluding hydrogens is 304 g/mol. The molecule has 0 bridgehead atoms. The van der Waals surface area contributed by atoms with Gasteiger partial charge in [-0.3, -0.25) is 0 Å². The second-order valence-corrected chi connectivity index (χ2v) is 8.06. The number of nitriles is 1. The van der Waals surface area contributed by atoms with Gasteiger partial charge in [0.05, 0.1) is 11.5 Å². The van der Waals surface area contributed by atoms with E-state index in [9.17, 15) is 5.26 Å². The zero-order valence-electron chi connectivity index (χ0n) is 16.0. The molecular formula is C23H29N2+. The van der Waals surface area contributed by atoms with Crippen LogP contribution in [0.15, 0.2) is 36.5 Å². The molecule has 1 fully saturated rings. The van der Waals surface area contributed by atoms with Crippen molar-refractivity contribution in [1.82, 2.24) is 0 Å². The summed E-state index contributed by atoms with van der Waals surface area (Å²) in [4.78, 5) is 0. The van der Waals surface area contributed by atoms with E-state index in [-0.39, 0.29) is 0 Å². The zero-order valence-corrected chi connectivity index (χ0v) is 16.0. The maximum atomic E-state index is 9.37. The summed E-state index contributed by atoms with van der Waals surface area (Å²) in [6, 6.07) is 13.4. The number of hydrogen-bond donors (Lipinski definition) is 0. The lowest BCUT2D eigenvalue weighted by Gasteiger charge is -2.21. The fourth-order valence-corrected chi connectivity index (χ4v) is 3.99. The summed E-state index contributed by atoms with van der Waals surface area (Å²) in [6.45, 7) is 6.09. The molecule has 0 unspecified atom stereocenters. The third-order valence-corrected chi connectivity index (χ3v) is 5.74. The van der Waals surface area contributed by atoms with E-state index in [4.69, 9.17) is 0 Å². The molecule has 0 radical (unpaired) electrons. The first-order valence-electron chi connectivity index (χ1n) is 9.45. The monoisotopic (exact) mass is 333 g/mol. The topological polar surface area (TPSA) is 27.7 Å². The van der Waals surface area contributed by atoms with Crippen LogP contribution < -0.4 is 4.57 Å². The highest BCUT2D eigenvalue weighted by Gasteiger charge is 2.23. The lowest BCUT2D eigenvalue weighted by molar-refractivity contribution is -0.660. The van der Waals surface area contributed by atoms with E-state index in [1.54, 1.807) is 0 Å². The third kappa shape index (κ3) is 3.61. The minimum Gasteiger partial charge on any atom is -0.201 e. The molecule has 0 N–H and O–H groups in total. The van der Waals surface area contributed by atoms with Crippen molar-refractivity contribution in [2.45, 2.75) is 64.2 Å². The molecule has 1 aliphatic rings. The maximum Gasteiger partial charge on any atom is 0.212 e. The van der Waals surface area contributed by atoms with Crippen LogP contribution >= 0.6 is 0 Å². The number of pyridine rings is 1. The van der Waals surface area contributed by atoms with Gasteiger partial charge < -0.3 is 0 Å². The quantitative estimate of drug-likeness (QED) is 0.697. The molecule has 3 rings (SSSR count). The fraction of sp³-hybridized carbons (Fsp3) is 0.478. The second kappa shape index (κ2) is 7.00. The molecule has 0 saturated heterocycles. The van der Waals surface area contributed by atoms with Crippen molar-refractivity contribution in [2.24, 2.45) is 7.05 Å². The van der Waals surface area contributed by atoms with E-state index < -0.39 is 5.41 Å². The Morgan fingerprint density at radius 3 is 2.40 bits per heavy atom. The average Bonchev–Trinajstić information content (AvgIpc) is 2.62. The molecule has 1 aromatic heterocycles. The molecule has 0 amide bonds. The van der Waals surface area contributed by atoms with Gasteiger partial charge in [0.15, 0.2) is 6.20 Å². The first kappa shape index (κ1) is 17.7. The number of aryl methyl sites for hydroxylation is 2. The van der Waals surface area contributed by atoms with Gasteiger partial charge in [-0.2, -0.15) is 5.26 Å². The van der Waals surface area contributed by atoms with Gasteiger partial charge in [0, 0.05) is 17.2 Å². The van der Waals surface area contributed by atoms with Crippen molar-refractivity contribution < 1.29 is 4.57 Å². The number of benzene rings is 1. The van der Waals surface area contributed by atoms with Gasteiger partial charge in [0.1, 0.15) is 7.05 Å². The second-order valence-electron chi connectivity index (χ2n) is 8.06. The highest BCUT2D eigenvalue weighted by atomic mass is 14.9. The zero-order chi connectivity index (χ0) is 18.0. The van der Waals surface area contributed by atoms with Crippen LogP contribution in [0.25, 0.3) is 11.3 Å². The molecule has 1 saturated carbocycles. The van der Waals surface area contributed by atoms with Crippen molar-refractivity contribution in [1.29, 1.82) is 5.26 Å². The normalized spacial score (nSPS) is 15.8. The van der Waals surface area contributed by atoms with Gasteiger partial charge in [0.2, 0.25) is 5.69 Å². The molecule has 1 heterocycles. The predicted octanol–water partition coefficient (Wildman–Crippen LogP) is 5.34. The molecule has 1 aromatic carbocycles. The summed E-state index contributed by atoms with van der Waals surface area (Å²) >= 11 is 0. The Hall–Kier alpha value is -2.14. The minimum absolute atomic E-state index is 0.448. The maximum absolute atomic E-state index is 9.37.